The lowest BCUT2D eigenvalue weighted by Gasteiger charge is -2.16. The molecule has 9 heteroatoms. The zero-order valence-corrected chi connectivity index (χ0v) is 17.2. The van der Waals surface area contributed by atoms with E-state index >= 15 is 0 Å². The number of hydrogen-bond acceptors (Lipinski definition) is 4. The fourth-order valence-corrected chi connectivity index (χ4v) is 3.31. The molecule has 0 aliphatic heterocycles. The van der Waals surface area contributed by atoms with Gasteiger partial charge in [-0.1, -0.05) is 11.6 Å². The van der Waals surface area contributed by atoms with E-state index < -0.39 is 23.3 Å². The van der Waals surface area contributed by atoms with Crippen molar-refractivity contribution < 1.29 is 27.4 Å². The number of carbonyl (C=O) groups excluding carboxylic acids is 1. The van der Waals surface area contributed by atoms with Crippen molar-refractivity contribution in [3.63, 3.8) is 0 Å². The Balaban J connectivity index is 2.42. The number of carbonyl (C=O) groups is 1. The minimum absolute atomic E-state index is 0.0273. The van der Waals surface area contributed by atoms with Gasteiger partial charge in [0, 0.05) is 38.7 Å². The van der Waals surface area contributed by atoms with Crippen LogP contribution in [0.25, 0.3) is 28.1 Å². The number of aromatic amines is 1. The van der Waals surface area contributed by atoms with Crippen LogP contribution in [0.4, 0.5) is 13.2 Å². The Bertz CT molecular complexity index is 1230. The molecule has 3 rings (SSSR count). The molecule has 0 saturated heterocycles. The van der Waals surface area contributed by atoms with Gasteiger partial charge in [0.2, 0.25) is 0 Å². The highest BCUT2D eigenvalue weighted by molar-refractivity contribution is 6.30. The van der Waals surface area contributed by atoms with Gasteiger partial charge in [-0.3, -0.25) is 4.79 Å². The number of aromatic nitrogens is 1. The third kappa shape index (κ3) is 4.74. The van der Waals surface area contributed by atoms with Crippen LogP contribution in [0.5, 0.6) is 5.75 Å². The third-order valence-corrected chi connectivity index (χ3v) is 4.72. The van der Waals surface area contributed by atoms with Crippen molar-refractivity contribution in [3.05, 3.63) is 69.0 Å². The molecule has 1 heterocycles. The topological polar surface area (TPSA) is 68.4 Å². The first kappa shape index (κ1) is 22.4. The molecule has 0 saturated carbocycles. The quantitative estimate of drug-likeness (QED) is 0.413. The molecule has 5 nitrogen and oxygen atoms in total. The van der Waals surface area contributed by atoms with Gasteiger partial charge in [0.05, 0.1) is 19.3 Å². The van der Waals surface area contributed by atoms with Crippen molar-refractivity contribution >= 4 is 34.5 Å². The Morgan fingerprint density at radius 2 is 1.94 bits per heavy atom. The van der Waals surface area contributed by atoms with Gasteiger partial charge in [-0.25, -0.2) is 4.79 Å². The van der Waals surface area contributed by atoms with Crippen molar-refractivity contribution in [3.8, 4) is 16.9 Å². The minimum Gasteiger partial charge on any atom is -0.496 e. The van der Waals surface area contributed by atoms with Crippen LogP contribution in [-0.4, -0.2) is 24.7 Å². The van der Waals surface area contributed by atoms with Crippen LogP contribution in [0.15, 0.2) is 47.3 Å². The monoisotopic (exact) mass is 451 g/mol. The van der Waals surface area contributed by atoms with Crippen LogP contribution in [-0.2, 0) is 15.7 Å². The fraction of sp³-hybridized carbons (Fsp3) is 0.182. The first-order valence-corrected chi connectivity index (χ1v) is 9.49. The molecule has 0 bridgehead atoms. The van der Waals surface area contributed by atoms with Crippen molar-refractivity contribution in [2.24, 2.45) is 0 Å². The SMILES string of the molecule is CCOC(=O)/C=C/c1c(-c2ccc(Cl)cc2OC)c2cc(C(F)(F)F)ccc2[nH]c1=O. The number of H-pyrrole nitrogens is 1. The van der Waals surface area contributed by atoms with Gasteiger partial charge >= 0.3 is 12.1 Å². The van der Waals surface area contributed by atoms with E-state index in [1.165, 1.54) is 37.5 Å². The highest BCUT2D eigenvalue weighted by Crippen LogP contribution is 2.40. The number of nitrogens with one attached hydrogen (secondary N) is 1. The molecule has 162 valence electrons. The van der Waals surface area contributed by atoms with Crippen molar-refractivity contribution in [2.45, 2.75) is 13.1 Å². The predicted molar refractivity (Wildman–Crippen MR) is 112 cm³/mol. The lowest BCUT2D eigenvalue weighted by molar-refractivity contribution is -0.138. The third-order valence-electron chi connectivity index (χ3n) is 4.48. The van der Waals surface area contributed by atoms with Gasteiger partial charge in [0.1, 0.15) is 5.75 Å². The molecule has 0 atom stereocenters. The molecule has 0 aliphatic carbocycles. The first-order chi connectivity index (χ1) is 14.7. The Morgan fingerprint density at radius 3 is 2.58 bits per heavy atom. The maximum atomic E-state index is 13.4. The highest BCUT2D eigenvalue weighted by atomic mass is 35.5. The summed E-state index contributed by atoms with van der Waals surface area (Å²) in [5, 5.41) is 0.466. The summed E-state index contributed by atoms with van der Waals surface area (Å²) < 4.78 is 50.3. The molecular weight excluding hydrogens is 435 g/mol. The number of pyridine rings is 1. The molecule has 0 unspecified atom stereocenters. The standard InChI is InChI=1S/C22H17ClF3NO4/c1-3-31-19(28)9-7-15-20(14-6-5-13(23)11-18(14)30-2)16-10-12(22(24,25)26)4-8-17(16)27-21(15)29/h4-11H,3H2,1-2H3,(H,27,29)/b9-7+. The number of fused-ring (bicyclic) bond motifs is 1. The maximum absolute atomic E-state index is 13.4. The van der Waals surface area contributed by atoms with Gasteiger partial charge < -0.3 is 14.5 Å². The van der Waals surface area contributed by atoms with Crippen LogP contribution in [0.2, 0.25) is 5.02 Å². The molecular formula is C22H17ClF3NO4. The Morgan fingerprint density at radius 1 is 1.19 bits per heavy atom. The molecule has 0 fully saturated rings. The van der Waals surface area contributed by atoms with Crippen LogP contribution in [0.1, 0.15) is 18.1 Å². The summed E-state index contributed by atoms with van der Waals surface area (Å²) in [5.74, 6) is -0.442. The van der Waals surface area contributed by atoms with Gasteiger partial charge in [-0.15, -0.1) is 0 Å². The van der Waals surface area contributed by atoms with E-state index in [0.29, 0.717) is 10.6 Å². The highest BCUT2D eigenvalue weighted by Gasteiger charge is 2.31. The molecule has 0 aliphatic rings. The van der Waals surface area contributed by atoms with E-state index in [1.54, 1.807) is 6.92 Å². The molecule has 0 amide bonds. The second kappa shape index (κ2) is 8.85. The summed E-state index contributed by atoms with van der Waals surface area (Å²) in [6.07, 6.45) is -2.34. The predicted octanol–water partition coefficient (Wildman–Crippen LogP) is 5.45. The molecule has 3 aromatic rings. The Labute approximate surface area is 180 Å². The number of alkyl halides is 3. The van der Waals surface area contributed by atoms with E-state index in [9.17, 15) is 22.8 Å². The number of rotatable bonds is 5. The second-order valence-corrected chi connectivity index (χ2v) is 6.87. The van der Waals surface area contributed by atoms with Gasteiger partial charge in [0.15, 0.2) is 0 Å². The molecule has 0 spiro atoms. The molecule has 0 radical (unpaired) electrons. The van der Waals surface area contributed by atoms with E-state index in [2.05, 4.69) is 4.98 Å². The Hall–Kier alpha value is -3.26. The molecule has 2 aromatic carbocycles. The average Bonchev–Trinajstić information content (AvgIpc) is 2.71. The summed E-state index contributed by atoms with van der Waals surface area (Å²) in [4.78, 5) is 27.1. The summed E-state index contributed by atoms with van der Waals surface area (Å²) in [6.45, 7) is 1.75. The van der Waals surface area contributed by atoms with E-state index in [-0.39, 0.29) is 34.4 Å². The summed E-state index contributed by atoms with van der Waals surface area (Å²) >= 11 is 6.02. The molecule has 1 N–H and O–H groups in total. The fourth-order valence-electron chi connectivity index (χ4n) is 3.15. The molecule has 31 heavy (non-hydrogen) atoms. The lowest BCUT2D eigenvalue weighted by atomic mass is 9.94. The minimum atomic E-state index is -4.59. The van der Waals surface area contributed by atoms with Crippen molar-refractivity contribution in [2.75, 3.05) is 13.7 Å². The number of esters is 1. The van der Waals surface area contributed by atoms with Crippen molar-refractivity contribution in [1.82, 2.24) is 4.98 Å². The summed E-state index contributed by atoms with van der Waals surface area (Å²) in [5.41, 5.74) is -0.815. The summed E-state index contributed by atoms with van der Waals surface area (Å²) in [7, 11) is 1.37. The van der Waals surface area contributed by atoms with Gasteiger partial charge in [0.25, 0.3) is 5.56 Å². The van der Waals surface area contributed by atoms with Crippen LogP contribution < -0.4 is 10.3 Å². The largest absolute Gasteiger partial charge is 0.496 e. The van der Waals surface area contributed by atoms with Crippen molar-refractivity contribution in [1.29, 1.82) is 0 Å². The lowest BCUT2D eigenvalue weighted by Crippen LogP contribution is -2.13. The Kier molecular flexibility index (Phi) is 6.40. The smallest absolute Gasteiger partial charge is 0.416 e. The zero-order valence-electron chi connectivity index (χ0n) is 16.5. The second-order valence-electron chi connectivity index (χ2n) is 6.43. The number of benzene rings is 2. The molecule has 1 aromatic heterocycles. The zero-order chi connectivity index (χ0) is 22.8. The summed E-state index contributed by atoms with van der Waals surface area (Å²) in [6, 6.07) is 7.56. The number of hydrogen-bond donors (Lipinski definition) is 1. The van der Waals surface area contributed by atoms with E-state index in [0.717, 1.165) is 18.2 Å². The van der Waals surface area contributed by atoms with Gasteiger partial charge in [-0.05, 0) is 49.4 Å². The van der Waals surface area contributed by atoms with Crippen LogP contribution >= 0.6 is 11.6 Å². The van der Waals surface area contributed by atoms with Crippen LogP contribution in [0.3, 0.4) is 0 Å². The van der Waals surface area contributed by atoms with Crippen LogP contribution in [0, 0.1) is 0 Å². The normalized spacial score (nSPS) is 11.8. The van der Waals surface area contributed by atoms with E-state index in [4.69, 9.17) is 21.1 Å². The average molecular weight is 452 g/mol. The maximum Gasteiger partial charge on any atom is 0.416 e. The number of halogens is 4. The van der Waals surface area contributed by atoms with E-state index in [1.807, 2.05) is 0 Å². The number of methoxy groups -OCH3 is 1. The van der Waals surface area contributed by atoms with Gasteiger partial charge in [-0.2, -0.15) is 13.2 Å². The number of ether oxygens (including phenoxy) is 2. The first-order valence-electron chi connectivity index (χ1n) is 9.11.